The second kappa shape index (κ2) is 5.36. The molecular formula is C16H12F2N2O. The van der Waals surface area contributed by atoms with E-state index in [1.807, 2.05) is 0 Å². The van der Waals surface area contributed by atoms with Gasteiger partial charge in [-0.3, -0.25) is 4.79 Å². The molecule has 0 fully saturated rings. The molecule has 3 aromatic rings. The number of hydrogen-bond acceptors (Lipinski definition) is 1. The maximum atomic E-state index is 13.1. The van der Waals surface area contributed by atoms with E-state index in [4.69, 9.17) is 0 Å². The van der Waals surface area contributed by atoms with Crippen molar-refractivity contribution in [2.45, 2.75) is 6.54 Å². The van der Waals surface area contributed by atoms with Crippen molar-refractivity contribution in [2.75, 3.05) is 0 Å². The van der Waals surface area contributed by atoms with Crippen molar-refractivity contribution >= 4 is 16.8 Å². The molecule has 1 aromatic heterocycles. The third kappa shape index (κ3) is 2.91. The van der Waals surface area contributed by atoms with Crippen LogP contribution in [0.25, 0.3) is 10.9 Å². The summed E-state index contributed by atoms with van der Waals surface area (Å²) in [4.78, 5) is 14.9. The lowest BCUT2D eigenvalue weighted by atomic mass is 10.2. The average Bonchev–Trinajstić information content (AvgIpc) is 2.88. The highest BCUT2D eigenvalue weighted by Gasteiger charge is 2.09. The summed E-state index contributed by atoms with van der Waals surface area (Å²) in [5.41, 5.74) is 1.70. The van der Waals surface area contributed by atoms with Crippen LogP contribution in [-0.2, 0) is 6.54 Å². The number of fused-ring (bicyclic) bond motifs is 1. The van der Waals surface area contributed by atoms with E-state index in [9.17, 15) is 13.6 Å². The molecule has 0 saturated heterocycles. The van der Waals surface area contributed by atoms with E-state index >= 15 is 0 Å². The van der Waals surface area contributed by atoms with E-state index in [0.717, 1.165) is 0 Å². The second-order valence-corrected chi connectivity index (χ2v) is 4.73. The number of nitrogens with one attached hydrogen (secondary N) is 2. The van der Waals surface area contributed by atoms with Gasteiger partial charge in [0.1, 0.15) is 17.3 Å². The fraction of sp³-hybridized carbons (Fsp3) is 0.0625. The lowest BCUT2D eigenvalue weighted by Crippen LogP contribution is -2.23. The summed E-state index contributed by atoms with van der Waals surface area (Å²) < 4.78 is 26.1. The van der Waals surface area contributed by atoms with Crippen molar-refractivity contribution in [2.24, 2.45) is 0 Å². The third-order valence-corrected chi connectivity index (χ3v) is 3.17. The number of halogens is 2. The molecule has 0 atom stereocenters. The van der Waals surface area contributed by atoms with Gasteiger partial charge in [-0.25, -0.2) is 8.78 Å². The van der Waals surface area contributed by atoms with Crippen molar-refractivity contribution in [3.63, 3.8) is 0 Å². The number of carbonyl (C=O) groups excluding carboxylic acids is 1. The fourth-order valence-corrected chi connectivity index (χ4v) is 2.15. The van der Waals surface area contributed by atoms with Gasteiger partial charge in [-0.15, -0.1) is 0 Å². The molecule has 2 aromatic carbocycles. The molecule has 0 saturated carbocycles. The predicted octanol–water partition coefficient (Wildman–Crippen LogP) is 3.38. The van der Waals surface area contributed by atoms with Crippen LogP contribution in [-0.4, -0.2) is 10.9 Å². The van der Waals surface area contributed by atoms with Gasteiger partial charge in [0.05, 0.1) is 0 Å². The van der Waals surface area contributed by atoms with Gasteiger partial charge in [0.2, 0.25) is 0 Å². The standard InChI is InChI=1S/C16H12F2N2O/c17-12-3-1-2-10(6-12)9-19-16(21)15-8-11-7-13(18)4-5-14(11)20-15/h1-8,20H,9H2,(H,19,21). The van der Waals surface area contributed by atoms with Gasteiger partial charge in [-0.2, -0.15) is 0 Å². The molecule has 0 aliphatic carbocycles. The molecule has 0 radical (unpaired) electrons. The minimum absolute atomic E-state index is 0.223. The Labute approximate surface area is 119 Å². The largest absolute Gasteiger partial charge is 0.351 e. The Morgan fingerprint density at radius 2 is 1.86 bits per heavy atom. The van der Waals surface area contributed by atoms with E-state index in [0.29, 0.717) is 22.2 Å². The normalized spacial score (nSPS) is 10.8. The van der Waals surface area contributed by atoms with Gasteiger partial charge in [0.15, 0.2) is 0 Å². The number of rotatable bonds is 3. The maximum Gasteiger partial charge on any atom is 0.267 e. The van der Waals surface area contributed by atoms with Gasteiger partial charge in [-0.1, -0.05) is 12.1 Å². The highest BCUT2D eigenvalue weighted by atomic mass is 19.1. The maximum absolute atomic E-state index is 13.1. The Balaban J connectivity index is 1.74. The van der Waals surface area contributed by atoms with Crippen molar-refractivity contribution in [1.82, 2.24) is 10.3 Å². The first-order chi connectivity index (χ1) is 10.1. The zero-order valence-electron chi connectivity index (χ0n) is 11.0. The van der Waals surface area contributed by atoms with Crippen molar-refractivity contribution in [1.29, 1.82) is 0 Å². The minimum Gasteiger partial charge on any atom is -0.351 e. The summed E-state index contributed by atoms with van der Waals surface area (Å²) in [6.07, 6.45) is 0. The van der Waals surface area contributed by atoms with E-state index in [-0.39, 0.29) is 24.1 Å². The van der Waals surface area contributed by atoms with Gasteiger partial charge in [-0.05, 0) is 42.0 Å². The Kier molecular flexibility index (Phi) is 3.39. The highest BCUT2D eigenvalue weighted by Crippen LogP contribution is 2.16. The highest BCUT2D eigenvalue weighted by molar-refractivity contribution is 5.97. The summed E-state index contributed by atoms with van der Waals surface area (Å²) >= 11 is 0. The van der Waals surface area contributed by atoms with Crippen molar-refractivity contribution in [3.8, 4) is 0 Å². The molecule has 106 valence electrons. The van der Waals surface area contributed by atoms with Gasteiger partial charge in [0.25, 0.3) is 5.91 Å². The monoisotopic (exact) mass is 286 g/mol. The van der Waals surface area contributed by atoms with Gasteiger partial charge < -0.3 is 10.3 Å². The van der Waals surface area contributed by atoms with Crippen LogP contribution in [0.1, 0.15) is 16.1 Å². The Bertz CT molecular complexity index is 811. The van der Waals surface area contributed by atoms with Crippen LogP contribution in [0.3, 0.4) is 0 Å². The topological polar surface area (TPSA) is 44.9 Å². The first kappa shape index (κ1) is 13.3. The SMILES string of the molecule is O=C(NCc1cccc(F)c1)c1cc2cc(F)ccc2[nH]1. The second-order valence-electron chi connectivity index (χ2n) is 4.73. The van der Waals surface area contributed by atoms with Crippen molar-refractivity contribution in [3.05, 3.63) is 71.4 Å². The Hall–Kier alpha value is -2.69. The first-order valence-electron chi connectivity index (χ1n) is 6.43. The number of H-pyrrole nitrogens is 1. The lowest BCUT2D eigenvalue weighted by molar-refractivity contribution is 0.0946. The molecule has 1 heterocycles. The molecule has 0 aliphatic heterocycles. The molecule has 0 unspecified atom stereocenters. The molecule has 5 heteroatoms. The molecule has 3 nitrogen and oxygen atoms in total. The van der Waals surface area contributed by atoms with E-state index in [2.05, 4.69) is 10.3 Å². The zero-order chi connectivity index (χ0) is 14.8. The summed E-state index contributed by atoms with van der Waals surface area (Å²) in [7, 11) is 0. The summed E-state index contributed by atoms with van der Waals surface area (Å²) in [6, 6.07) is 11.9. The number of aromatic nitrogens is 1. The molecule has 2 N–H and O–H groups in total. The summed E-state index contributed by atoms with van der Waals surface area (Å²) in [5.74, 6) is -1.02. The van der Waals surface area contributed by atoms with Crippen LogP contribution < -0.4 is 5.32 Å². The summed E-state index contributed by atoms with van der Waals surface area (Å²) in [6.45, 7) is 0.223. The van der Waals surface area contributed by atoms with Crippen molar-refractivity contribution < 1.29 is 13.6 Å². The molecule has 3 rings (SSSR count). The molecule has 21 heavy (non-hydrogen) atoms. The molecule has 1 amide bonds. The summed E-state index contributed by atoms with van der Waals surface area (Å²) in [5, 5.41) is 3.32. The zero-order valence-corrected chi connectivity index (χ0v) is 11.0. The van der Waals surface area contributed by atoms with Crippen LogP contribution in [0, 0.1) is 11.6 Å². The number of hydrogen-bond donors (Lipinski definition) is 2. The number of amides is 1. The van der Waals surface area contributed by atoms with Gasteiger partial charge >= 0.3 is 0 Å². The predicted molar refractivity (Wildman–Crippen MR) is 75.8 cm³/mol. The quantitative estimate of drug-likeness (QED) is 0.761. The molecule has 0 spiro atoms. The third-order valence-electron chi connectivity index (χ3n) is 3.17. The van der Waals surface area contributed by atoms with Crippen LogP contribution >= 0.6 is 0 Å². The van der Waals surface area contributed by atoms with Gasteiger partial charge in [0, 0.05) is 17.4 Å². The van der Waals surface area contributed by atoms with Crippen LogP contribution in [0.2, 0.25) is 0 Å². The number of aromatic amines is 1. The van der Waals surface area contributed by atoms with Crippen LogP contribution in [0.4, 0.5) is 8.78 Å². The molecule has 0 aliphatic rings. The average molecular weight is 286 g/mol. The Morgan fingerprint density at radius 1 is 1.05 bits per heavy atom. The first-order valence-corrected chi connectivity index (χ1v) is 6.43. The minimum atomic E-state index is -0.354. The smallest absolute Gasteiger partial charge is 0.267 e. The molecular weight excluding hydrogens is 274 g/mol. The van der Waals surface area contributed by atoms with Crippen LogP contribution in [0.15, 0.2) is 48.5 Å². The van der Waals surface area contributed by atoms with E-state index in [1.54, 1.807) is 24.3 Å². The Morgan fingerprint density at radius 3 is 2.67 bits per heavy atom. The van der Waals surface area contributed by atoms with E-state index in [1.165, 1.54) is 24.3 Å². The van der Waals surface area contributed by atoms with E-state index < -0.39 is 0 Å². The van der Waals surface area contributed by atoms with Crippen LogP contribution in [0.5, 0.6) is 0 Å². The molecule has 0 bridgehead atoms. The lowest BCUT2D eigenvalue weighted by Gasteiger charge is -2.03. The fourth-order valence-electron chi connectivity index (χ4n) is 2.15. The number of benzene rings is 2. The number of carbonyl (C=O) groups is 1.